The third-order valence-electron chi connectivity index (χ3n) is 5.20. The van der Waals surface area contributed by atoms with Gasteiger partial charge in [0.1, 0.15) is 0 Å². The third kappa shape index (κ3) is 6.00. The zero-order chi connectivity index (χ0) is 22.9. The van der Waals surface area contributed by atoms with Crippen LogP contribution in [0.5, 0.6) is 11.5 Å². The number of nitrogens with one attached hydrogen (secondary N) is 2. The average Bonchev–Trinajstić information content (AvgIpc) is 2.83. The van der Waals surface area contributed by atoms with Gasteiger partial charge in [-0.3, -0.25) is 14.4 Å². The largest absolute Gasteiger partial charge is 0.490 e. The fourth-order valence-corrected chi connectivity index (χ4v) is 3.46. The Labute approximate surface area is 187 Å². The lowest BCUT2D eigenvalue weighted by Crippen LogP contribution is -2.38. The number of benzene rings is 2. The highest BCUT2D eigenvalue weighted by Gasteiger charge is 2.18. The van der Waals surface area contributed by atoms with Crippen molar-refractivity contribution in [3.05, 3.63) is 53.6 Å². The Morgan fingerprint density at radius 1 is 0.875 bits per heavy atom. The molecule has 1 heterocycles. The van der Waals surface area contributed by atoms with E-state index >= 15 is 0 Å². The topological polar surface area (TPSA) is 97.0 Å². The number of ether oxygens (including phenoxy) is 2. The summed E-state index contributed by atoms with van der Waals surface area (Å²) < 4.78 is 11.4. The molecule has 0 spiro atoms. The van der Waals surface area contributed by atoms with Gasteiger partial charge in [-0.2, -0.15) is 0 Å². The summed E-state index contributed by atoms with van der Waals surface area (Å²) in [7, 11) is 1.56. The molecule has 0 aliphatic carbocycles. The van der Waals surface area contributed by atoms with Gasteiger partial charge in [-0.25, -0.2) is 0 Å². The first kappa shape index (κ1) is 23.1. The summed E-state index contributed by atoms with van der Waals surface area (Å²) in [6, 6.07) is 11.5. The summed E-state index contributed by atoms with van der Waals surface area (Å²) in [5, 5.41) is 5.35. The average molecular weight is 440 g/mol. The first-order valence-electron chi connectivity index (χ1n) is 10.8. The van der Waals surface area contributed by atoms with Crippen molar-refractivity contribution >= 4 is 23.4 Å². The molecule has 170 valence electrons. The van der Waals surface area contributed by atoms with E-state index < -0.39 is 0 Å². The number of hydrogen-bond donors (Lipinski definition) is 2. The van der Waals surface area contributed by atoms with E-state index in [-0.39, 0.29) is 24.3 Å². The Hall–Kier alpha value is -3.55. The Kier molecular flexibility index (Phi) is 8.08. The lowest BCUT2D eigenvalue weighted by Gasteiger charge is -2.26. The standard InChI is InChI=1S/C24H29N3O5/c1-3-31-21-15-18(24(30)26-19-10-7-17(8-11-19)23(29)25-2)9-12-20(21)32-16-22(28)27-13-5-4-6-14-27/h7-12,15H,3-6,13-14,16H2,1-2H3,(H,25,29)(H,26,30). The highest BCUT2D eigenvalue weighted by atomic mass is 16.5. The van der Waals surface area contributed by atoms with E-state index in [1.165, 1.54) is 0 Å². The van der Waals surface area contributed by atoms with Crippen molar-refractivity contribution in [3.8, 4) is 11.5 Å². The van der Waals surface area contributed by atoms with E-state index in [2.05, 4.69) is 10.6 Å². The molecule has 1 fully saturated rings. The number of hydrogen-bond acceptors (Lipinski definition) is 5. The molecule has 1 saturated heterocycles. The zero-order valence-electron chi connectivity index (χ0n) is 18.5. The monoisotopic (exact) mass is 439 g/mol. The summed E-state index contributed by atoms with van der Waals surface area (Å²) in [5.41, 5.74) is 1.45. The van der Waals surface area contributed by atoms with Gasteiger partial charge in [0.05, 0.1) is 6.61 Å². The van der Waals surface area contributed by atoms with Crippen LogP contribution < -0.4 is 20.1 Å². The normalized spacial score (nSPS) is 13.2. The molecule has 0 atom stereocenters. The minimum Gasteiger partial charge on any atom is -0.490 e. The van der Waals surface area contributed by atoms with Crippen LogP contribution >= 0.6 is 0 Å². The van der Waals surface area contributed by atoms with Crippen LogP contribution in [0.4, 0.5) is 5.69 Å². The van der Waals surface area contributed by atoms with Gasteiger partial charge in [0.15, 0.2) is 18.1 Å². The summed E-state index contributed by atoms with van der Waals surface area (Å²) in [6.45, 7) is 3.70. The predicted octanol–water partition coefficient (Wildman–Crippen LogP) is 3.09. The van der Waals surface area contributed by atoms with Gasteiger partial charge in [0.25, 0.3) is 17.7 Å². The fourth-order valence-electron chi connectivity index (χ4n) is 3.46. The second-order valence-electron chi connectivity index (χ2n) is 7.44. The van der Waals surface area contributed by atoms with Gasteiger partial charge >= 0.3 is 0 Å². The van der Waals surface area contributed by atoms with Crippen LogP contribution in [0.3, 0.4) is 0 Å². The summed E-state index contributed by atoms with van der Waals surface area (Å²) in [4.78, 5) is 38.5. The molecule has 8 nitrogen and oxygen atoms in total. The van der Waals surface area contributed by atoms with Gasteiger partial charge in [-0.05, 0) is 68.7 Å². The molecule has 2 aromatic rings. The van der Waals surface area contributed by atoms with Gasteiger partial charge in [0, 0.05) is 37.0 Å². The van der Waals surface area contributed by atoms with E-state index in [9.17, 15) is 14.4 Å². The zero-order valence-corrected chi connectivity index (χ0v) is 18.5. The lowest BCUT2D eigenvalue weighted by molar-refractivity contribution is -0.134. The van der Waals surface area contributed by atoms with Gasteiger partial charge < -0.3 is 25.0 Å². The van der Waals surface area contributed by atoms with Crippen molar-refractivity contribution in [2.75, 3.05) is 38.7 Å². The quantitative estimate of drug-likeness (QED) is 0.659. The maximum absolute atomic E-state index is 12.7. The van der Waals surface area contributed by atoms with Crippen LogP contribution in [0.1, 0.15) is 46.9 Å². The number of amides is 3. The molecule has 0 unspecified atom stereocenters. The van der Waals surface area contributed by atoms with Gasteiger partial charge in [-0.1, -0.05) is 0 Å². The molecule has 3 amide bonds. The third-order valence-corrected chi connectivity index (χ3v) is 5.20. The van der Waals surface area contributed by atoms with Gasteiger partial charge in [0.2, 0.25) is 0 Å². The number of carbonyl (C=O) groups excluding carboxylic acids is 3. The molecule has 2 aromatic carbocycles. The molecular weight excluding hydrogens is 410 g/mol. The molecule has 0 aromatic heterocycles. The van der Waals surface area contributed by atoms with Crippen LogP contribution in [0.2, 0.25) is 0 Å². The molecule has 32 heavy (non-hydrogen) atoms. The fraction of sp³-hybridized carbons (Fsp3) is 0.375. The maximum Gasteiger partial charge on any atom is 0.260 e. The SMILES string of the molecule is CCOc1cc(C(=O)Nc2ccc(C(=O)NC)cc2)ccc1OCC(=O)N1CCCCC1. The Bertz CT molecular complexity index is 953. The number of piperidine rings is 1. The maximum atomic E-state index is 12.7. The number of rotatable bonds is 8. The number of carbonyl (C=O) groups is 3. The first-order valence-corrected chi connectivity index (χ1v) is 10.8. The van der Waals surface area contributed by atoms with Crippen LogP contribution in [-0.4, -0.2) is 56.0 Å². The smallest absolute Gasteiger partial charge is 0.260 e. The van der Waals surface area contributed by atoms with Crippen LogP contribution in [0.15, 0.2) is 42.5 Å². The second kappa shape index (κ2) is 11.2. The molecular formula is C24H29N3O5. The molecule has 0 radical (unpaired) electrons. The van der Waals surface area contributed by atoms with Crippen molar-refractivity contribution in [1.82, 2.24) is 10.2 Å². The van der Waals surface area contributed by atoms with E-state index in [4.69, 9.17) is 9.47 Å². The molecule has 2 N–H and O–H groups in total. The van der Waals surface area contributed by atoms with E-state index in [0.29, 0.717) is 34.9 Å². The van der Waals surface area contributed by atoms with Crippen molar-refractivity contribution in [3.63, 3.8) is 0 Å². The van der Waals surface area contributed by atoms with Crippen molar-refractivity contribution in [1.29, 1.82) is 0 Å². The lowest BCUT2D eigenvalue weighted by atomic mass is 10.1. The number of nitrogens with zero attached hydrogens (tertiary/aromatic N) is 1. The van der Waals surface area contributed by atoms with E-state index in [1.807, 2.05) is 11.8 Å². The van der Waals surface area contributed by atoms with E-state index in [1.54, 1.807) is 49.5 Å². The molecule has 0 saturated carbocycles. The summed E-state index contributed by atoms with van der Waals surface area (Å²) in [6.07, 6.45) is 3.20. The number of anilines is 1. The first-order chi connectivity index (χ1) is 15.5. The van der Waals surface area contributed by atoms with Crippen molar-refractivity contribution < 1.29 is 23.9 Å². The van der Waals surface area contributed by atoms with E-state index in [0.717, 1.165) is 32.4 Å². The molecule has 3 rings (SSSR count). The predicted molar refractivity (Wildman–Crippen MR) is 121 cm³/mol. The van der Waals surface area contributed by atoms with Crippen LogP contribution in [0, 0.1) is 0 Å². The van der Waals surface area contributed by atoms with Gasteiger partial charge in [-0.15, -0.1) is 0 Å². The Balaban J connectivity index is 1.65. The van der Waals surface area contributed by atoms with Crippen molar-refractivity contribution in [2.24, 2.45) is 0 Å². The van der Waals surface area contributed by atoms with Crippen molar-refractivity contribution in [2.45, 2.75) is 26.2 Å². The summed E-state index contributed by atoms with van der Waals surface area (Å²) in [5.74, 6) is 0.257. The molecule has 1 aliphatic heterocycles. The molecule has 1 aliphatic rings. The minimum atomic E-state index is -0.324. The Morgan fingerprint density at radius 3 is 2.22 bits per heavy atom. The number of likely N-dealkylation sites (tertiary alicyclic amines) is 1. The van der Waals surface area contributed by atoms with Crippen LogP contribution in [-0.2, 0) is 4.79 Å². The van der Waals surface area contributed by atoms with Crippen LogP contribution in [0.25, 0.3) is 0 Å². The Morgan fingerprint density at radius 2 is 1.56 bits per heavy atom. The highest BCUT2D eigenvalue weighted by Crippen LogP contribution is 2.29. The highest BCUT2D eigenvalue weighted by molar-refractivity contribution is 6.05. The molecule has 0 bridgehead atoms. The second-order valence-corrected chi connectivity index (χ2v) is 7.44. The molecule has 8 heteroatoms. The minimum absolute atomic E-state index is 0.0471. The summed E-state index contributed by atoms with van der Waals surface area (Å²) >= 11 is 0.